The van der Waals surface area contributed by atoms with Crippen LogP contribution in [0.15, 0.2) is 78.9 Å². The van der Waals surface area contributed by atoms with Gasteiger partial charge in [0.05, 0.1) is 5.56 Å². The van der Waals surface area contributed by atoms with Crippen molar-refractivity contribution in [2.45, 2.75) is 37.6 Å². The maximum Gasteiger partial charge on any atom is 0.416 e. The average Bonchev–Trinajstić information content (AvgIpc) is 2.79. The van der Waals surface area contributed by atoms with Crippen LogP contribution in [0.5, 0.6) is 11.5 Å². The lowest BCUT2D eigenvalue weighted by Crippen LogP contribution is -2.45. The van der Waals surface area contributed by atoms with Gasteiger partial charge in [-0.15, -0.1) is 24.8 Å². The van der Waals surface area contributed by atoms with E-state index in [0.717, 1.165) is 25.5 Å². The Morgan fingerprint density at radius 2 is 1.58 bits per heavy atom. The van der Waals surface area contributed by atoms with Gasteiger partial charge in [-0.05, 0) is 55.3 Å². The second kappa shape index (κ2) is 12.3. The first kappa shape index (κ1) is 27.0. The number of alkyl halides is 3. The van der Waals surface area contributed by atoms with E-state index in [1.54, 1.807) is 12.1 Å². The first-order valence-corrected chi connectivity index (χ1v) is 10.5. The minimum absolute atomic E-state index is 0. The van der Waals surface area contributed by atoms with Crippen molar-refractivity contribution < 1.29 is 17.9 Å². The minimum atomic E-state index is -4.40. The van der Waals surface area contributed by atoms with Gasteiger partial charge in [0.2, 0.25) is 0 Å². The molecule has 0 aromatic heterocycles. The molecule has 1 aliphatic heterocycles. The highest BCUT2D eigenvalue weighted by Gasteiger charge is 2.32. The number of para-hydroxylation sites is 1. The molecule has 0 unspecified atom stereocenters. The summed E-state index contributed by atoms with van der Waals surface area (Å²) >= 11 is 0. The van der Waals surface area contributed by atoms with Crippen LogP contribution in [0.1, 0.15) is 35.6 Å². The van der Waals surface area contributed by atoms with Gasteiger partial charge in [0, 0.05) is 24.2 Å². The van der Waals surface area contributed by atoms with Gasteiger partial charge in [0.1, 0.15) is 11.5 Å². The molecule has 0 amide bonds. The minimum Gasteiger partial charge on any atom is -0.457 e. The highest BCUT2D eigenvalue weighted by molar-refractivity contribution is 5.85. The van der Waals surface area contributed by atoms with Crippen molar-refractivity contribution in [2.75, 3.05) is 6.54 Å². The van der Waals surface area contributed by atoms with E-state index in [1.165, 1.54) is 17.7 Å². The standard InChI is InChI=1S/C25H25F3N2O.2ClH/c26-25(27,28)20-13-14-23(31-21-10-5-2-6-11-21)19(16-20)17-30-22-12-7-15-29-24(22)18-8-3-1-4-9-18;;/h1-6,8-11,13-14,16,22,24,29-30H,7,12,15,17H2;2*1H/t22-,24-;;/m0../s1. The summed E-state index contributed by atoms with van der Waals surface area (Å²) in [6.45, 7) is 1.20. The quantitative estimate of drug-likeness (QED) is 0.386. The van der Waals surface area contributed by atoms with E-state index < -0.39 is 11.7 Å². The molecule has 1 fully saturated rings. The molecule has 2 atom stereocenters. The molecule has 0 bridgehead atoms. The number of piperidine rings is 1. The molecule has 1 heterocycles. The summed E-state index contributed by atoms with van der Waals surface area (Å²) in [6.07, 6.45) is -2.45. The Morgan fingerprint density at radius 1 is 0.909 bits per heavy atom. The largest absolute Gasteiger partial charge is 0.457 e. The van der Waals surface area contributed by atoms with Crippen molar-refractivity contribution in [3.8, 4) is 11.5 Å². The molecule has 0 spiro atoms. The van der Waals surface area contributed by atoms with Crippen molar-refractivity contribution in [1.29, 1.82) is 0 Å². The zero-order chi connectivity index (χ0) is 21.7. The Bertz CT molecular complexity index is 988. The lowest BCUT2D eigenvalue weighted by molar-refractivity contribution is -0.137. The Hall–Kier alpha value is -2.25. The second-order valence-electron chi connectivity index (χ2n) is 7.71. The first-order chi connectivity index (χ1) is 15.0. The summed E-state index contributed by atoms with van der Waals surface area (Å²) in [5, 5.41) is 7.02. The average molecular weight is 499 g/mol. The molecule has 3 aromatic rings. The van der Waals surface area contributed by atoms with Crippen LogP contribution in [0.4, 0.5) is 13.2 Å². The monoisotopic (exact) mass is 498 g/mol. The number of halogens is 5. The van der Waals surface area contributed by atoms with Crippen LogP contribution in [0.2, 0.25) is 0 Å². The SMILES string of the molecule is Cl.Cl.FC(F)(F)c1ccc(Oc2ccccc2)c(CN[C@H]2CCCN[C@H]2c2ccccc2)c1. The normalized spacial score (nSPS) is 18.0. The van der Waals surface area contributed by atoms with Crippen LogP contribution in [-0.4, -0.2) is 12.6 Å². The van der Waals surface area contributed by atoms with Crippen molar-refractivity contribution in [3.63, 3.8) is 0 Å². The topological polar surface area (TPSA) is 33.3 Å². The summed E-state index contributed by atoms with van der Waals surface area (Å²) in [5.41, 5.74) is 0.978. The summed E-state index contributed by atoms with van der Waals surface area (Å²) in [5.74, 6) is 1.01. The summed E-state index contributed by atoms with van der Waals surface area (Å²) in [7, 11) is 0. The van der Waals surface area contributed by atoms with Crippen LogP contribution >= 0.6 is 24.8 Å². The molecule has 1 saturated heterocycles. The van der Waals surface area contributed by atoms with Gasteiger partial charge in [0.25, 0.3) is 0 Å². The van der Waals surface area contributed by atoms with Crippen LogP contribution in [0.25, 0.3) is 0 Å². The molecule has 3 aromatic carbocycles. The molecule has 33 heavy (non-hydrogen) atoms. The predicted molar refractivity (Wildman–Crippen MR) is 130 cm³/mol. The Kier molecular flexibility index (Phi) is 10.0. The molecular weight excluding hydrogens is 472 g/mol. The van der Waals surface area contributed by atoms with Crippen LogP contribution < -0.4 is 15.4 Å². The zero-order valence-electron chi connectivity index (χ0n) is 17.8. The maximum atomic E-state index is 13.3. The van der Waals surface area contributed by atoms with Gasteiger partial charge in [-0.3, -0.25) is 0 Å². The van der Waals surface area contributed by atoms with E-state index in [4.69, 9.17) is 4.74 Å². The summed E-state index contributed by atoms with van der Waals surface area (Å²) < 4.78 is 45.9. The molecule has 3 nitrogen and oxygen atoms in total. The fourth-order valence-electron chi connectivity index (χ4n) is 3.97. The number of rotatable bonds is 6. The van der Waals surface area contributed by atoms with E-state index >= 15 is 0 Å². The number of nitrogens with one attached hydrogen (secondary N) is 2. The van der Waals surface area contributed by atoms with Crippen molar-refractivity contribution in [2.24, 2.45) is 0 Å². The summed E-state index contributed by atoms with van der Waals surface area (Å²) in [4.78, 5) is 0. The van der Waals surface area contributed by atoms with Crippen LogP contribution in [0, 0.1) is 0 Å². The Labute approximate surface area is 204 Å². The maximum absolute atomic E-state index is 13.3. The number of benzene rings is 3. The molecule has 4 rings (SSSR count). The lowest BCUT2D eigenvalue weighted by Gasteiger charge is -2.34. The fraction of sp³-hybridized carbons (Fsp3) is 0.280. The highest BCUT2D eigenvalue weighted by atomic mass is 35.5. The van der Waals surface area contributed by atoms with Crippen molar-refractivity contribution in [3.05, 3.63) is 95.6 Å². The molecule has 2 N–H and O–H groups in total. The van der Waals surface area contributed by atoms with Crippen molar-refractivity contribution in [1.82, 2.24) is 10.6 Å². The van der Waals surface area contributed by atoms with Crippen LogP contribution in [0.3, 0.4) is 0 Å². The number of hydrogen-bond donors (Lipinski definition) is 2. The lowest BCUT2D eigenvalue weighted by atomic mass is 9.92. The van der Waals surface area contributed by atoms with E-state index in [1.807, 2.05) is 36.4 Å². The fourth-order valence-corrected chi connectivity index (χ4v) is 3.97. The molecule has 1 aliphatic rings. The highest BCUT2D eigenvalue weighted by Crippen LogP contribution is 2.34. The van der Waals surface area contributed by atoms with E-state index in [2.05, 4.69) is 22.8 Å². The van der Waals surface area contributed by atoms with Gasteiger partial charge in [-0.2, -0.15) is 13.2 Å². The smallest absolute Gasteiger partial charge is 0.416 e. The van der Waals surface area contributed by atoms with Gasteiger partial charge in [0.15, 0.2) is 0 Å². The van der Waals surface area contributed by atoms with Gasteiger partial charge in [-0.25, -0.2) is 0 Å². The van der Waals surface area contributed by atoms with Crippen molar-refractivity contribution >= 4 is 24.8 Å². The molecule has 0 saturated carbocycles. The third-order valence-electron chi connectivity index (χ3n) is 5.53. The van der Waals surface area contributed by atoms with E-state index in [-0.39, 0.29) is 43.4 Å². The first-order valence-electron chi connectivity index (χ1n) is 10.5. The van der Waals surface area contributed by atoms with Gasteiger partial charge < -0.3 is 15.4 Å². The van der Waals surface area contributed by atoms with E-state index in [9.17, 15) is 13.2 Å². The molecular formula is C25H27Cl2F3N2O. The van der Waals surface area contributed by atoms with Gasteiger partial charge in [-0.1, -0.05) is 48.5 Å². The summed E-state index contributed by atoms with van der Waals surface area (Å²) in [6, 6.07) is 23.1. The number of hydrogen-bond acceptors (Lipinski definition) is 3. The molecule has 0 radical (unpaired) electrons. The Morgan fingerprint density at radius 3 is 2.24 bits per heavy atom. The zero-order valence-corrected chi connectivity index (χ0v) is 19.5. The second-order valence-corrected chi connectivity index (χ2v) is 7.71. The predicted octanol–water partition coefficient (Wildman–Crippen LogP) is 6.92. The number of ether oxygens (including phenoxy) is 1. The third kappa shape index (κ3) is 7.11. The van der Waals surface area contributed by atoms with E-state index in [0.29, 0.717) is 17.1 Å². The third-order valence-corrected chi connectivity index (χ3v) is 5.53. The van der Waals surface area contributed by atoms with Gasteiger partial charge >= 0.3 is 6.18 Å². The van der Waals surface area contributed by atoms with Crippen LogP contribution in [-0.2, 0) is 12.7 Å². The molecule has 178 valence electrons. The Balaban J connectivity index is 0.00000193. The molecule has 8 heteroatoms. The molecule has 0 aliphatic carbocycles.